The third-order valence-corrected chi connectivity index (χ3v) is 5.31. The number of rotatable bonds is 5. The van der Waals surface area contributed by atoms with E-state index in [-0.39, 0.29) is 5.69 Å². The first-order valence-electron chi connectivity index (χ1n) is 10.0. The van der Waals surface area contributed by atoms with Gasteiger partial charge in [-0.25, -0.2) is 9.97 Å². The summed E-state index contributed by atoms with van der Waals surface area (Å²) in [6.45, 7) is 4.08. The van der Waals surface area contributed by atoms with Gasteiger partial charge < -0.3 is 20.9 Å². The topological polar surface area (TPSA) is 111 Å². The molecule has 2 aromatic carbocycles. The smallest absolute Gasteiger partial charge is 0.271 e. The predicted octanol–water partition coefficient (Wildman–Crippen LogP) is 2.61. The molecule has 1 aliphatic heterocycles. The Labute approximate surface area is 180 Å². The summed E-state index contributed by atoms with van der Waals surface area (Å²) in [7, 11) is 2.13. The Morgan fingerprint density at radius 2 is 1.74 bits per heavy atom. The summed E-state index contributed by atoms with van der Waals surface area (Å²) >= 11 is 0. The SMILES string of the molecule is CN1CCN(c2ccc(Nc3ncc(-c4ccc(C#N)cc4)nc3C(N)=O)cc2)CC1. The number of carbonyl (C=O) groups excluding carboxylic acids is 1. The number of amides is 1. The molecule has 31 heavy (non-hydrogen) atoms. The maximum absolute atomic E-state index is 12.0. The number of benzene rings is 2. The fraction of sp³-hybridized carbons (Fsp3) is 0.217. The first-order valence-corrected chi connectivity index (χ1v) is 10.0. The minimum atomic E-state index is -0.667. The molecule has 3 aromatic rings. The van der Waals surface area contributed by atoms with Gasteiger partial charge in [0.05, 0.1) is 23.5 Å². The van der Waals surface area contributed by atoms with Crippen LogP contribution >= 0.6 is 0 Å². The van der Waals surface area contributed by atoms with Crippen molar-refractivity contribution in [3.8, 4) is 17.3 Å². The van der Waals surface area contributed by atoms with Gasteiger partial charge in [0.1, 0.15) is 0 Å². The molecule has 0 radical (unpaired) electrons. The van der Waals surface area contributed by atoms with Crippen molar-refractivity contribution in [3.05, 3.63) is 66.0 Å². The van der Waals surface area contributed by atoms with Crippen molar-refractivity contribution in [2.75, 3.05) is 43.4 Å². The highest BCUT2D eigenvalue weighted by molar-refractivity contribution is 5.96. The lowest BCUT2D eigenvalue weighted by molar-refractivity contribution is 0.0996. The number of aromatic nitrogens is 2. The molecule has 1 aliphatic rings. The molecule has 1 fully saturated rings. The number of nitrogens with one attached hydrogen (secondary N) is 1. The van der Waals surface area contributed by atoms with E-state index >= 15 is 0 Å². The highest BCUT2D eigenvalue weighted by atomic mass is 16.1. The van der Waals surface area contributed by atoms with Gasteiger partial charge in [-0.1, -0.05) is 12.1 Å². The summed E-state index contributed by atoms with van der Waals surface area (Å²) in [5, 5.41) is 12.1. The van der Waals surface area contributed by atoms with Gasteiger partial charge in [-0.2, -0.15) is 5.26 Å². The molecule has 3 N–H and O–H groups in total. The molecular formula is C23H23N7O. The minimum absolute atomic E-state index is 0.0602. The van der Waals surface area contributed by atoms with Gasteiger partial charge in [0.15, 0.2) is 11.5 Å². The Morgan fingerprint density at radius 3 is 2.35 bits per heavy atom. The van der Waals surface area contributed by atoms with E-state index in [2.05, 4.69) is 50.3 Å². The van der Waals surface area contributed by atoms with E-state index in [1.807, 2.05) is 12.1 Å². The summed E-state index contributed by atoms with van der Waals surface area (Å²) in [4.78, 5) is 25.5. The number of hydrogen-bond donors (Lipinski definition) is 2. The van der Waals surface area contributed by atoms with E-state index in [4.69, 9.17) is 11.0 Å². The first-order chi connectivity index (χ1) is 15.0. The van der Waals surface area contributed by atoms with Crippen molar-refractivity contribution in [1.82, 2.24) is 14.9 Å². The minimum Gasteiger partial charge on any atom is -0.369 e. The lowest BCUT2D eigenvalue weighted by Crippen LogP contribution is -2.44. The normalized spacial score (nSPS) is 14.1. The van der Waals surface area contributed by atoms with E-state index in [0.29, 0.717) is 17.1 Å². The molecule has 0 saturated carbocycles. The number of hydrogen-bond acceptors (Lipinski definition) is 7. The Hall–Kier alpha value is -3.96. The largest absolute Gasteiger partial charge is 0.369 e. The molecular weight excluding hydrogens is 390 g/mol. The van der Waals surface area contributed by atoms with Gasteiger partial charge in [0.25, 0.3) is 5.91 Å². The van der Waals surface area contributed by atoms with Gasteiger partial charge >= 0.3 is 0 Å². The average Bonchev–Trinajstić information content (AvgIpc) is 2.80. The van der Waals surface area contributed by atoms with Crippen molar-refractivity contribution in [2.24, 2.45) is 5.73 Å². The van der Waals surface area contributed by atoms with Crippen molar-refractivity contribution in [2.45, 2.75) is 0 Å². The van der Waals surface area contributed by atoms with Crippen molar-refractivity contribution >= 4 is 23.1 Å². The van der Waals surface area contributed by atoms with Crippen LogP contribution < -0.4 is 16.0 Å². The highest BCUT2D eigenvalue weighted by Crippen LogP contribution is 2.24. The summed E-state index contributed by atoms with van der Waals surface area (Å²) in [6.07, 6.45) is 1.58. The summed E-state index contributed by atoms with van der Waals surface area (Å²) in [5.74, 6) is -0.364. The first kappa shape index (κ1) is 20.3. The van der Waals surface area contributed by atoms with E-state index in [9.17, 15) is 4.79 Å². The van der Waals surface area contributed by atoms with Crippen molar-refractivity contribution < 1.29 is 4.79 Å². The molecule has 8 nitrogen and oxygen atoms in total. The van der Waals surface area contributed by atoms with Crippen LogP contribution in [0.3, 0.4) is 0 Å². The number of anilines is 3. The van der Waals surface area contributed by atoms with Crippen LogP contribution in [0.4, 0.5) is 17.2 Å². The second-order valence-corrected chi connectivity index (χ2v) is 7.47. The molecule has 0 spiro atoms. The lowest BCUT2D eigenvalue weighted by Gasteiger charge is -2.34. The van der Waals surface area contributed by atoms with E-state index in [1.165, 1.54) is 0 Å². The molecule has 0 unspecified atom stereocenters. The van der Waals surface area contributed by atoms with E-state index in [1.54, 1.807) is 30.5 Å². The third-order valence-electron chi connectivity index (χ3n) is 5.31. The van der Waals surface area contributed by atoms with Crippen LogP contribution in [0.1, 0.15) is 16.1 Å². The quantitative estimate of drug-likeness (QED) is 0.661. The molecule has 1 aromatic heterocycles. The summed E-state index contributed by atoms with van der Waals surface area (Å²) in [5.41, 5.74) is 9.38. The van der Waals surface area contributed by atoms with E-state index in [0.717, 1.165) is 43.1 Å². The molecule has 1 saturated heterocycles. The van der Waals surface area contributed by atoms with Crippen LogP contribution in [0.15, 0.2) is 54.7 Å². The highest BCUT2D eigenvalue weighted by Gasteiger charge is 2.16. The number of nitriles is 1. The lowest BCUT2D eigenvalue weighted by atomic mass is 10.1. The molecule has 1 amide bonds. The number of carbonyl (C=O) groups is 1. The number of nitrogens with zero attached hydrogens (tertiary/aromatic N) is 5. The Balaban J connectivity index is 1.53. The van der Waals surface area contributed by atoms with Crippen LogP contribution in [0.5, 0.6) is 0 Å². The molecule has 0 aliphatic carbocycles. The third kappa shape index (κ3) is 4.63. The second kappa shape index (κ2) is 8.81. The molecule has 0 atom stereocenters. The van der Waals surface area contributed by atoms with Gasteiger partial charge in [-0.15, -0.1) is 0 Å². The van der Waals surface area contributed by atoms with Crippen LogP contribution in [0, 0.1) is 11.3 Å². The number of nitrogens with two attached hydrogens (primary N) is 1. The maximum atomic E-state index is 12.0. The summed E-state index contributed by atoms with van der Waals surface area (Å²) < 4.78 is 0. The molecule has 4 rings (SSSR count). The number of primary amides is 1. The van der Waals surface area contributed by atoms with Gasteiger partial charge in [0, 0.05) is 43.1 Å². The predicted molar refractivity (Wildman–Crippen MR) is 120 cm³/mol. The van der Waals surface area contributed by atoms with Crippen LogP contribution in [-0.2, 0) is 0 Å². The standard InChI is InChI=1S/C23H23N7O/c1-29-10-12-30(13-11-29)19-8-6-18(7-9-19)27-23-21(22(25)31)28-20(15-26-23)17-4-2-16(14-24)3-5-17/h2-9,15H,10-13H2,1H3,(H2,25,31)(H,26,27). The van der Waals surface area contributed by atoms with Crippen LogP contribution in [0.25, 0.3) is 11.3 Å². The number of piperazine rings is 1. The Bertz CT molecular complexity index is 1110. The zero-order valence-electron chi connectivity index (χ0n) is 17.2. The van der Waals surface area contributed by atoms with Gasteiger partial charge in [-0.05, 0) is 43.4 Å². The van der Waals surface area contributed by atoms with Crippen molar-refractivity contribution in [3.63, 3.8) is 0 Å². The molecule has 0 bridgehead atoms. The number of likely N-dealkylation sites (N-methyl/N-ethyl adjacent to an activating group) is 1. The second-order valence-electron chi connectivity index (χ2n) is 7.47. The van der Waals surface area contributed by atoms with Gasteiger partial charge in [0.2, 0.25) is 0 Å². The zero-order chi connectivity index (χ0) is 21.8. The van der Waals surface area contributed by atoms with Crippen LogP contribution in [0.2, 0.25) is 0 Å². The maximum Gasteiger partial charge on any atom is 0.271 e. The Morgan fingerprint density at radius 1 is 1.06 bits per heavy atom. The monoisotopic (exact) mass is 413 g/mol. The van der Waals surface area contributed by atoms with E-state index < -0.39 is 5.91 Å². The van der Waals surface area contributed by atoms with Crippen molar-refractivity contribution in [1.29, 1.82) is 5.26 Å². The Kier molecular flexibility index (Phi) is 5.78. The fourth-order valence-electron chi connectivity index (χ4n) is 3.46. The van der Waals surface area contributed by atoms with Gasteiger partial charge in [-0.3, -0.25) is 4.79 Å². The van der Waals surface area contributed by atoms with Crippen LogP contribution in [-0.4, -0.2) is 54.0 Å². The molecule has 156 valence electrons. The average molecular weight is 413 g/mol. The molecule has 2 heterocycles. The molecule has 8 heteroatoms. The fourth-order valence-corrected chi connectivity index (χ4v) is 3.46. The zero-order valence-corrected chi connectivity index (χ0v) is 17.2. The summed E-state index contributed by atoms with van der Waals surface area (Å²) in [6, 6.07) is 17.0.